The van der Waals surface area contributed by atoms with Crippen LogP contribution in [0.1, 0.15) is 18.4 Å². The molecule has 7 nitrogen and oxygen atoms in total. The second-order valence-corrected chi connectivity index (χ2v) is 6.42. The number of hydrazone groups is 1. The molecule has 3 aliphatic carbocycles. The zero-order valence-corrected chi connectivity index (χ0v) is 12.7. The van der Waals surface area contributed by atoms with Crippen LogP contribution < -0.4 is 0 Å². The number of allylic oxidation sites excluding steroid dienone is 2. The zero-order chi connectivity index (χ0) is 16.8. The van der Waals surface area contributed by atoms with Crippen molar-refractivity contribution < 1.29 is 14.5 Å². The number of fused-ring (bicyclic) bond motifs is 1. The molecular formula is C17H15N3O4. The van der Waals surface area contributed by atoms with Gasteiger partial charge in [0.1, 0.15) is 0 Å². The summed E-state index contributed by atoms with van der Waals surface area (Å²) >= 11 is 0. The molecule has 4 aliphatic rings. The number of carbonyl (C=O) groups excluding carboxylic acids is 2. The van der Waals surface area contributed by atoms with Crippen molar-refractivity contribution in [1.29, 1.82) is 0 Å². The Balaban J connectivity index is 1.56. The van der Waals surface area contributed by atoms with Gasteiger partial charge in [-0.25, -0.2) is 0 Å². The summed E-state index contributed by atoms with van der Waals surface area (Å²) in [4.78, 5) is 35.3. The average molecular weight is 325 g/mol. The molecular weight excluding hydrogens is 310 g/mol. The van der Waals surface area contributed by atoms with E-state index in [0.29, 0.717) is 5.56 Å². The first kappa shape index (κ1) is 14.7. The van der Waals surface area contributed by atoms with E-state index >= 15 is 0 Å². The van der Waals surface area contributed by atoms with Crippen LogP contribution in [0, 0.1) is 33.8 Å². The van der Waals surface area contributed by atoms with E-state index in [1.54, 1.807) is 0 Å². The summed E-state index contributed by atoms with van der Waals surface area (Å²) in [5.74, 6) is -0.762. The second-order valence-electron chi connectivity index (χ2n) is 6.42. The zero-order valence-electron chi connectivity index (χ0n) is 12.7. The quantitative estimate of drug-likeness (QED) is 0.280. The number of imide groups is 1. The summed E-state index contributed by atoms with van der Waals surface area (Å²) in [6, 6.07) is 5.79. The molecule has 0 spiro atoms. The number of nitro benzene ring substituents is 1. The third-order valence-electron chi connectivity index (χ3n) is 5.16. The van der Waals surface area contributed by atoms with Crippen LogP contribution in [0.2, 0.25) is 0 Å². The minimum Gasteiger partial charge on any atom is -0.272 e. The fourth-order valence-electron chi connectivity index (χ4n) is 3.98. The maximum absolute atomic E-state index is 12.6. The summed E-state index contributed by atoms with van der Waals surface area (Å²) in [7, 11) is 0. The van der Waals surface area contributed by atoms with Crippen molar-refractivity contribution >= 4 is 23.7 Å². The van der Waals surface area contributed by atoms with Gasteiger partial charge in [0.15, 0.2) is 0 Å². The van der Waals surface area contributed by atoms with Crippen LogP contribution in [0.25, 0.3) is 0 Å². The first-order valence-electron chi connectivity index (χ1n) is 7.91. The fraction of sp³-hybridized carbons (Fsp3) is 0.353. The third-order valence-corrected chi connectivity index (χ3v) is 5.16. The number of rotatable bonds is 3. The molecule has 0 aromatic heterocycles. The van der Waals surface area contributed by atoms with E-state index in [0.717, 1.165) is 17.9 Å². The number of non-ortho nitro benzene ring substituents is 1. The number of nitrogens with zero attached hydrogens (tertiary/aromatic N) is 3. The molecule has 7 heteroatoms. The number of hydrogen-bond acceptors (Lipinski definition) is 5. The Morgan fingerprint density at radius 3 is 2.04 bits per heavy atom. The summed E-state index contributed by atoms with van der Waals surface area (Å²) < 4.78 is 0. The molecule has 5 rings (SSSR count). The number of amides is 2. The first-order valence-corrected chi connectivity index (χ1v) is 7.91. The van der Waals surface area contributed by atoms with Gasteiger partial charge in [0, 0.05) is 12.1 Å². The lowest BCUT2D eigenvalue weighted by Gasteiger charge is -2.37. The van der Waals surface area contributed by atoms with Crippen LogP contribution in [-0.4, -0.2) is 28.0 Å². The average Bonchev–Trinajstić information content (AvgIpc) is 2.87. The monoisotopic (exact) mass is 325 g/mol. The van der Waals surface area contributed by atoms with Crippen LogP contribution >= 0.6 is 0 Å². The lowest BCUT2D eigenvalue weighted by atomic mass is 9.63. The van der Waals surface area contributed by atoms with Gasteiger partial charge in [-0.3, -0.25) is 19.7 Å². The first-order chi connectivity index (χ1) is 11.6. The summed E-state index contributed by atoms with van der Waals surface area (Å²) in [5.41, 5.74) is 0.575. The van der Waals surface area contributed by atoms with Crippen LogP contribution in [0.3, 0.4) is 0 Å². The van der Waals surface area contributed by atoms with Gasteiger partial charge in [0.05, 0.1) is 23.0 Å². The second kappa shape index (κ2) is 5.36. The Kier molecular flexibility index (Phi) is 3.30. The van der Waals surface area contributed by atoms with E-state index in [4.69, 9.17) is 0 Å². The topological polar surface area (TPSA) is 92.9 Å². The van der Waals surface area contributed by atoms with Crippen molar-refractivity contribution in [1.82, 2.24) is 5.01 Å². The van der Waals surface area contributed by atoms with Gasteiger partial charge in [-0.1, -0.05) is 12.2 Å². The molecule has 2 bridgehead atoms. The van der Waals surface area contributed by atoms with Gasteiger partial charge < -0.3 is 0 Å². The van der Waals surface area contributed by atoms with Crippen molar-refractivity contribution in [3.63, 3.8) is 0 Å². The van der Waals surface area contributed by atoms with Crippen molar-refractivity contribution in [3.8, 4) is 0 Å². The summed E-state index contributed by atoms with van der Waals surface area (Å²) in [5, 5.41) is 15.7. The van der Waals surface area contributed by atoms with Crippen molar-refractivity contribution in [2.45, 2.75) is 12.8 Å². The van der Waals surface area contributed by atoms with Crippen molar-refractivity contribution in [2.75, 3.05) is 0 Å². The number of benzene rings is 1. The molecule has 4 atom stereocenters. The number of nitro groups is 1. The molecule has 1 aromatic rings. The van der Waals surface area contributed by atoms with Crippen molar-refractivity contribution in [3.05, 3.63) is 52.1 Å². The normalized spacial score (nSPS) is 31.1. The fourth-order valence-corrected chi connectivity index (χ4v) is 3.98. The maximum atomic E-state index is 12.6. The van der Waals surface area contributed by atoms with Crippen LogP contribution in [-0.2, 0) is 9.59 Å². The molecule has 24 heavy (non-hydrogen) atoms. The van der Waals surface area contributed by atoms with E-state index in [9.17, 15) is 19.7 Å². The molecule has 1 aromatic carbocycles. The molecule has 122 valence electrons. The molecule has 1 aliphatic heterocycles. The van der Waals surface area contributed by atoms with E-state index in [-0.39, 0.29) is 41.2 Å². The molecule has 1 heterocycles. The van der Waals surface area contributed by atoms with Gasteiger partial charge in [-0.05, 0) is 42.4 Å². The van der Waals surface area contributed by atoms with Gasteiger partial charge in [-0.2, -0.15) is 10.1 Å². The van der Waals surface area contributed by atoms with Gasteiger partial charge in [0.25, 0.3) is 17.5 Å². The van der Waals surface area contributed by atoms with Gasteiger partial charge >= 0.3 is 0 Å². The summed E-state index contributed by atoms with van der Waals surface area (Å²) in [6.07, 6.45) is 7.41. The minimum absolute atomic E-state index is 0.0193. The molecule has 0 radical (unpaired) electrons. The van der Waals surface area contributed by atoms with Crippen molar-refractivity contribution in [2.24, 2.45) is 28.8 Å². The van der Waals surface area contributed by atoms with E-state index in [1.165, 1.54) is 30.5 Å². The Morgan fingerprint density at radius 1 is 1.04 bits per heavy atom. The lowest BCUT2D eigenvalue weighted by Crippen LogP contribution is -2.38. The largest absolute Gasteiger partial charge is 0.272 e. The smallest absolute Gasteiger partial charge is 0.269 e. The standard InChI is InChI=1S/C17H15N3O4/c21-16-14-11-3-4-12(6-5-11)15(14)17(22)19(16)18-9-10-1-7-13(8-2-10)20(23)24/h1-4,7-9,11-12,14-15H,5-6H2/t11-,12-,14-,15+/m0/s1. The van der Waals surface area contributed by atoms with E-state index < -0.39 is 4.92 Å². The predicted octanol–water partition coefficient (Wildman–Crippen LogP) is 2.13. The highest BCUT2D eigenvalue weighted by molar-refractivity contribution is 6.06. The third kappa shape index (κ3) is 2.16. The highest BCUT2D eigenvalue weighted by atomic mass is 16.6. The van der Waals surface area contributed by atoms with Gasteiger partial charge in [-0.15, -0.1) is 0 Å². The predicted molar refractivity (Wildman–Crippen MR) is 84.9 cm³/mol. The molecule has 0 N–H and O–H groups in total. The van der Waals surface area contributed by atoms with E-state index in [1.807, 2.05) is 0 Å². The van der Waals surface area contributed by atoms with Crippen LogP contribution in [0.5, 0.6) is 0 Å². The number of hydrogen-bond donors (Lipinski definition) is 0. The maximum Gasteiger partial charge on any atom is 0.269 e. The van der Waals surface area contributed by atoms with Crippen LogP contribution in [0.4, 0.5) is 5.69 Å². The molecule has 2 fully saturated rings. The summed E-state index contributed by atoms with van der Waals surface area (Å²) in [6.45, 7) is 0. The van der Waals surface area contributed by atoms with Gasteiger partial charge in [0.2, 0.25) is 0 Å². The SMILES string of the molecule is O=C1[C@@H]2[C@H](C(=O)N1N=Cc1ccc([N+](=O)[O-])cc1)[C@H]1C=C[C@H]2CC1. The molecule has 0 unspecified atom stereocenters. The highest BCUT2D eigenvalue weighted by Crippen LogP contribution is 2.49. The highest BCUT2D eigenvalue weighted by Gasteiger charge is 2.56. The number of carbonyl (C=O) groups is 2. The molecule has 2 amide bonds. The van der Waals surface area contributed by atoms with Crippen LogP contribution in [0.15, 0.2) is 41.5 Å². The Morgan fingerprint density at radius 2 is 1.58 bits per heavy atom. The molecule has 1 saturated heterocycles. The minimum atomic E-state index is -0.484. The van der Waals surface area contributed by atoms with E-state index in [2.05, 4.69) is 17.3 Å². The Labute approximate surface area is 137 Å². The Hall–Kier alpha value is -2.83. The molecule has 1 saturated carbocycles. The lowest BCUT2D eigenvalue weighted by molar-refractivity contribution is -0.384. The Bertz CT molecular complexity index is 752.